The van der Waals surface area contributed by atoms with Crippen molar-refractivity contribution < 1.29 is 10.2 Å². The molecule has 4 heteroatoms. The highest BCUT2D eigenvalue weighted by molar-refractivity contribution is 5.27. The first-order chi connectivity index (χ1) is 8.58. The van der Waals surface area contributed by atoms with E-state index in [-0.39, 0.29) is 11.8 Å². The molecule has 0 fully saturated rings. The highest BCUT2D eigenvalue weighted by Crippen LogP contribution is 2.21. The number of imidazole rings is 1. The van der Waals surface area contributed by atoms with Crippen molar-refractivity contribution in [3.8, 4) is 5.75 Å². The van der Waals surface area contributed by atoms with E-state index >= 15 is 0 Å². The molecule has 96 valence electrons. The van der Waals surface area contributed by atoms with E-state index < -0.39 is 6.10 Å². The van der Waals surface area contributed by atoms with Crippen LogP contribution in [0.15, 0.2) is 36.8 Å². The van der Waals surface area contributed by atoms with E-state index in [4.69, 9.17) is 0 Å². The van der Waals surface area contributed by atoms with Crippen molar-refractivity contribution in [2.45, 2.75) is 32.4 Å². The Kier molecular flexibility index (Phi) is 3.67. The number of nitrogens with zero attached hydrogens (tertiary/aromatic N) is 2. The number of benzene rings is 1. The van der Waals surface area contributed by atoms with Gasteiger partial charge in [-0.1, -0.05) is 12.1 Å². The van der Waals surface area contributed by atoms with Crippen LogP contribution in [-0.4, -0.2) is 19.8 Å². The Balaban J connectivity index is 2.14. The zero-order chi connectivity index (χ0) is 13.1. The first-order valence-electron chi connectivity index (χ1n) is 6.05. The number of aliphatic hydroxyl groups is 1. The third-order valence-electron chi connectivity index (χ3n) is 2.96. The van der Waals surface area contributed by atoms with Crippen molar-refractivity contribution in [2.24, 2.45) is 0 Å². The van der Waals surface area contributed by atoms with Crippen molar-refractivity contribution in [3.05, 3.63) is 48.0 Å². The van der Waals surface area contributed by atoms with Crippen molar-refractivity contribution >= 4 is 0 Å². The standard InChI is InChI=1S/C14H18N2O2/c1-10(2)16-9-15-8-13(16)14(18)7-11-3-5-12(17)6-4-11/h3-6,8-10,14,17-18H,7H2,1-2H3. The Labute approximate surface area is 107 Å². The van der Waals surface area contributed by atoms with Gasteiger partial charge in [-0.05, 0) is 31.5 Å². The van der Waals surface area contributed by atoms with Gasteiger partial charge in [0.15, 0.2) is 0 Å². The molecule has 1 aromatic heterocycles. The lowest BCUT2D eigenvalue weighted by atomic mass is 10.1. The lowest BCUT2D eigenvalue weighted by Gasteiger charge is -2.16. The summed E-state index contributed by atoms with van der Waals surface area (Å²) in [5.74, 6) is 0.237. The number of phenols is 1. The molecule has 0 aliphatic heterocycles. The van der Waals surface area contributed by atoms with Gasteiger partial charge in [0.05, 0.1) is 24.3 Å². The Bertz CT molecular complexity index is 503. The fraction of sp³-hybridized carbons (Fsp3) is 0.357. The molecule has 0 amide bonds. The van der Waals surface area contributed by atoms with E-state index in [0.29, 0.717) is 6.42 Å². The molecule has 1 atom stereocenters. The minimum Gasteiger partial charge on any atom is -0.508 e. The van der Waals surface area contributed by atoms with E-state index in [9.17, 15) is 10.2 Å². The molecule has 1 aromatic carbocycles. The third-order valence-corrected chi connectivity index (χ3v) is 2.96. The van der Waals surface area contributed by atoms with Crippen LogP contribution in [0.4, 0.5) is 0 Å². The van der Waals surface area contributed by atoms with E-state index in [1.807, 2.05) is 16.7 Å². The summed E-state index contributed by atoms with van der Waals surface area (Å²) in [6.45, 7) is 4.11. The summed E-state index contributed by atoms with van der Waals surface area (Å²) in [5.41, 5.74) is 1.80. The van der Waals surface area contributed by atoms with Crippen LogP contribution in [0.1, 0.15) is 37.3 Å². The highest BCUT2D eigenvalue weighted by Gasteiger charge is 2.15. The van der Waals surface area contributed by atoms with Crippen LogP contribution in [0.5, 0.6) is 5.75 Å². The van der Waals surface area contributed by atoms with Crippen LogP contribution >= 0.6 is 0 Å². The molecular weight excluding hydrogens is 228 g/mol. The van der Waals surface area contributed by atoms with Crippen LogP contribution in [0, 0.1) is 0 Å². The molecule has 0 radical (unpaired) electrons. The zero-order valence-electron chi connectivity index (χ0n) is 10.6. The van der Waals surface area contributed by atoms with Crippen LogP contribution in [0.2, 0.25) is 0 Å². The number of hydrogen-bond donors (Lipinski definition) is 2. The van der Waals surface area contributed by atoms with Gasteiger partial charge in [-0.3, -0.25) is 0 Å². The lowest BCUT2D eigenvalue weighted by molar-refractivity contribution is 0.167. The van der Waals surface area contributed by atoms with Crippen molar-refractivity contribution in [1.82, 2.24) is 9.55 Å². The molecule has 0 aliphatic carbocycles. The maximum Gasteiger partial charge on any atom is 0.115 e. The van der Waals surface area contributed by atoms with Crippen molar-refractivity contribution in [3.63, 3.8) is 0 Å². The predicted molar refractivity (Wildman–Crippen MR) is 69.4 cm³/mol. The topological polar surface area (TPSA) is 58.3 Å². The summed E-state index contributed by atoms with van der Waals surface area (Å²) >= 11 is 0. The minimum absolute atomic E-state index is 0.237. The van der Waals surface area contributed by atoms with Crippen molar-refractivity contribution in [2.75, 3.05) is 0 Å². The van der Waals surface area contributed by atoms with Gasteiger partial charge >= 0.3 is 0 Å². The van der Waals surface area contributed by atoms with Gasteiger partial charge in [0.25, 0.3) is 0 Å². The molecule has 0 saturated heterocycles. The third kappa shape index (κ3) is 2.71. The second-order valence-corrected chi connectivity index (χ2v) is 4.71. The smallest absolute Gasteiger partial charge is 0.115 e. The summed E-state index contributed by atoms with van der Waals surface area (Å²) < 4.78 is 1.96. The number of rotatable bonds is 4. The normalized spacial score (nSPS) is 12.9. The van der Waals surface area contributed by atoms with Gasteiger partial charge in [0.1, 0.15) is 5.75 Å². The number of aromatic nitrogens is 2. The van der Waals surface area contributed by atoms with Gasteiger partial charge in [0.2, 0.25) is 0 Å². The molecule has 2 rings (SSSR count). The van der Waals surface area contributed by atoms with Crippen LogP contribution in [-0.2, 0) is 6.42 Å². The summed E-state index contributed by atoms with van der Waals surface area (Å²) in [6.07, 6.45) is 3.36. The quantitative estimate of drug-likeness (QED) is 0.871. The van der Waals surface area contributed by atoms with E-state index in [1.165, 1.54) is 0 Å². The summed E-state index contributed by atoms with van der Waals surface area (Å²) in [5, 5.41) is 19.5. The molecule has 0 spiro atoms. The van der Waals surface area contributed by atoms with Gasteiger partial charge in [0, 0.05) is 12.5 Å². The molecule has 1 unspecified atom stereocenters. The Morgan fingerprint density at radius 3 is 2.50 bits per heavy atom. The van der Waals surface area contributed by atoms with Crippen LogP contribution < -0.4 is 0 Å². The number of aromatic hydroxyl groups is 1. The second kappa shape index (κ2) is 5.23. The molecular formula is C14H18N2O2. The molecule has 2 N–H and O–H groups in total. The zero-order valence-corrected chi connectivity index (χ0v) is 10.6. The van der Waals surface area contributed by atoms with Crippen LogP contribution in [0.25, 0.3) is 0 Å². The van der Waals surface area contributed by atoms with E-state index in [1.54, 1.807) is 24.7 Å². The Morgan fingerprint density at radius 1 is 1.22 bits per heavy atom. The molecule has 0 bridgehead atoms. The number of hydrogen-bond acceptors (Lipinski definition) is 3. The minimum atomic E-state index is -0.584. The molecule has 0 aliphatic rings. The van der Waals surface area contributed by atoms with Gasteiger partial charge in [-0.25, -0.2) is 4.98 Å². The van der Waals surface area contributed by atoms with E-state index in [2.05, 4.69) is 18.8 Å². The monoisotopic (exact) mass is 246 g/mol. The number of phenolic OH excluding ortho intramolecular Hbond substituents is 1. The molecule has 1 heterocycles. The Hall–Kier alpha value is -1.81. The molecule has 18 heavy (non-hydrogen) atoms. The average molecular weight is 246 g/mol. The Morgan fingerprint density at radius 2 is 1.89 bits per heavy atom. The largest absolute Gasteiger partial charge is 0.508 e. The average Bonchev–Trinajstić information content (AvgIpc) is 2.81. The summed E-state index contributed by atoms with van der Waals surface area (Å²) in [7, 11) is 0. The molecule has 0 saturated carbocycles. The fourth-order valence-electron chi connectivity index (χ4n) is 1.96. The lowest BCUT2D eigenvalue weighted by Crippen LogP contribution is -2.10. The summed E-state index contributed by atoms with van der Waals surface area (Å²) in [6, 6.07) is 7.16. The SMILES string of the molecule is CC(C)n1cncc1C(O)Cc1ccc(O)cc1. The van der Waals surface area contributed by atoms with Crippen LogP contribution in [0.3, 0.4) is 0 Å². The maximum absolute atomic E-state index is 10.2. The second-order valence-electron chi connectivity index (χ2n) is 4.71. The maximum atomic E-state index is 10.2. The van der Waals surface area contributed by atoms with Crippen molar-refractivity contribution in [1.29, 1.82) is 0 Å². The molecule has 4 nitrogen and oxygen atoms in total. The molecule has 2 aromatic rings. The van der Waals surface area contributed by atoms with Gasteiger partial charge in [-0.2, -0.15) is 0 Å². The highest BCUT2D eigenvalue weighted by atomic mass is 16.3. The first-order valence-corrected chi connectivity index (χ1v) is 6.05. The van der Waals surface area contributed by atoms with Gasteiger partial charge < -0.3 is 14.8 Å². The van der Waals surface area contributed by atoms with E-state index in [0.717, 1.165) is 11.3 Å². The first kappa shape index (κ1) is 12.6. The van der Waals surface area contributed by atoms with Gasteiger partial charge in [-0.15, -0.1) is 0 Å². The predicted octanol–water partition coefficient (Wildman–Crippen LogP) is 2.45. The summed E-state index contributed by atoms with van der Waals surface area (Å²) in [4.78, 5) is 4.08. The number of aliphatic hydroxyl groups excluding tert-OH is 1. The fourth-order valence-corrected chi connectivity index (χ4v) is 1.96.